The zero-order valence-electron chi connectivity index (χ0n) is 15.1. The predicted molar refractivity (Wildman–Crippen MR) is 103 cm³/mol. The summed E-state index contributed by atoms with van der Waals surface area (Å²) in [5.41, 5.74) is 5.10. The molecule has 1 amide bonds. The number of piperazine rings is 1. The third kappa shape index (κ3) is 4.44. The molecule has 2 fully saturated rings. The van der Waals surface area contributed by atoms with Crippen molar-refractivity contribution in [2.45, 2.75) is 29.9 Å². The van der Waals surface area contributed by atoms with Crippen LogP contribution in [-0.2, 0) is 19.6 Å². The van der Waals surface area contributed by atoms with Crippen LogP contribution in [0.5, 0.6) is 0 Å². The number of sulfonamides is 1. The fraction of sp³-hybridized carbons (Fsp3) is 0.562. The van der Waals surface area contributed by atoms with Gasteiger partial charge in [-0.15, -0.1) is 12.4 Å². The van der Waals surface area contributed by atoms with E-state index in [4.69, 9.17) is 10.5 Å². The molecule has 0 unspecified atom stereocenters. The monoisotopic (exact) mass is 434 g/mol. The smallest absolute Gasteiger partial charge is 0.289 e. The molecule has 1 aromatic rings. The minimum Gasteiger partial charge on any atom is -0.364 e. The van der Waals surface area contributed by atoms with Crippen LogP contribution in [0.4, 0.5) is 5.69 Å². The van der Waals surface area contributed by atoms with Crippen molar-refractivity contribution in [3.8, 4) is 0 Å². The van der Waals surface area contributed by atoms with Crippen LogP contribution in [0, 0.1) is 10.1 Å². The first kappa shape index (κ1) is 22.5. The van der Waals surface area contributed by atoms with Gasteiger partial charge >= 0.3 is 0 Å². The molecule has 156 valence electrons. The average Bonchev–Trinajstić information content (AvgIpc) is 3.16. The molecule has 0 aliphatic carbocycles. The maximum atomic E-state index is 12.8. The number of halogens is 1. The summed E-state index contributed by atoms with van der Waals surface area (Å²) in [6, 6.07) is 5.26. The van der Waals surface area contributed by atoms with Crippen LogP contribution in [0.2, 0.25) is 0 Å². The summed E-state index contributed by atoms with van der Waals surface area (Å²) in [6.45, 7) is 0.948. The quantitative estimate of drug-likeness (QED) is 0.521. The lowest BCUT2D eigenvalue weighted by Crippen LogP contribution is -2.52. The van der Waals surface area contributed by atoms with E-state index in [0.717, 1.165) is 12.5 Å². The maximum absolute atomic E-state index is 12.8. The van der Waals surface area contributed by atoms with Crippen LogP contribution in [0.15, 0.2) is 29.2 Å². The highest BCUT2D eigenvalue weighted by atomic mass is 35.5. The van der Waals surface area contributed by atoms with Crippen LogP contribution >= 0.6 is 12.4 Å². The number of benzene rings is 1. The largest absolute Gasteiger partial charge is 0.364 e. The summed E-state index contributed by atoms with van der Waals surface area (Å²) in [7, 11) is -4.01. The van der Waals surface area contributed by atoms with Crippen molar-refractivity contribution in [1.82, 2.24) is 9.21 Å². The molecule has 0 aromatic heterocycles. The molecule has 28 heavy (non-hydrogen) atoms. The summed E-state index contributed by atoms with van der Waals surface area (Å²) >= 11 is 0. The van der Waals surface area contributed by atoms with E-state index >= 15 is 0 Å². The highest BCUT2D eigenvalue weighted by Gasteiger charge is 2.37. The predicted octanol–water partition coefficient (Wildman–Crippen LogP) is 0.356. The molecule has 0 spiro atoms. The van der Waals surface area contributed by atoms with Gasteiger partial charge in [-0.1, -0.05) is 12.1 Å². The molecule has 1 aromatic carbocycles. The third-order valence-electron chi connectivity index (χ3n) is 4.88. The van der Waals surface area contributed by atoms with Gasteiger partial charge in [-0.2, -0.15) is 4.31 Å². The lowest BCUT2D eigenvalue weighted by atomic mass is 10.1. The van der Waals surface area contributed by atoms with E-state index in [2.05, 4.69) is 0 Å². The van der Waals surface area contributed by atoms with E-state index in [9.17, 15) is 23.3 Å². The fourth-order valence-corrected chi connectivity index (χ4v) is 4.96. The molecule has 0 bridgehead atoms. The Labute approximate surface area is 169 Å². The fourth-order valence-electron chi connectivity index (χ4n) is 3.38. The Balaban J connectivity index is 0.00000280. The first-order valence-electron chi connectivity index (χ1n) is 8.72. The molecular formula is C16H23ClN4O6S. The molecule has 2 N–H and O–H groups in total. The van der Waals surface area contributed by atoms with Crippen molar-refractivity contribution in [3.05, 3.63) is 34.4 Å². The van der Waals surface area contributed by atoms with Gasteiger partial charge in [0.05, 0.1) is 11.0 Å². The Hall–Kier alpha value is -1.79. The van der Waals surface area contributed by atoms with Crippen LogP contribution in [0.1, 0.15) is 12.8 Å². The highest BCUT2D eigenvalue weighted by molar-refractivity contribution is 7.89. The number of amides is 1. The van der Waals surface area contributed by atoms with Crippen molar-refractivity contribution < 1.29 is 22.9 Å². The molecular weight excluding hydrogens is 412 g/mol. The second kappa shape index (κ2) is 9.14. The van der Waals surface area contributed by atoms with Crippen molar-refractivity contribution >= 4 is 34.0 Å². The van der Waals surface area contributed by atoms with Gasteiger partial charge in [0.1, 0.15) is 6.10 Å². The Bertz CT molecular complexity index is 828. The Morgan fingerprint density at radius 2 is 1.86 bits per heavy atom. The van der Waals surface area contributed by atoms with Crippen LogP contribution in [-0.4, -0.2) is 73.4 Å². The lowest BCUT2D eigenvalue weighted by Gasteiger charge is -2.35. The van der Waals surface area contributed by atoms with E-state index in [-0.39, 0.29) is 55.5 Å². The molecule has 2 aliphatic rings. The number of carbonyl (C=O) groups is 1. The second-order valence-electron chi connectivity index (χ2n) is 6.51. The normalized spacial score (nSPS) is 23.2. The summed E-state index contributed by atoms with van der Waals surface area (Å²) in [5.74, 6) is -0.159. The van der Waals surface area contributed by atoms with Crippen molar-refractivity contribution in [1.29, 1.82) is 0 Å². The Kier molecular flexibility index (Phi) is 7.34. The number of rotatable bonds is 5. The van der Waals surface area contributed by atoms with E-state index in [1.165, 1.54) is 22.5 Å². The third-order valence-corrected chi connectivity index (χ3v) is 6.82. The van der Waals surface area contributed by atoms with Crippen molar-refractivity contribution in [3.63, 3.8) is 0 Å². The second-order valence-corrected chi connectivity index (χ2v) is 8.42. The van der Waals surface area contributed by atoms with Gasteiger partial charge in [0, 0.05) is 38.8 Å². The number of hydrogen-bond donors (Lipinski definition) is 1. The first-order chi connectivity index (χ1) is 12.8. The van der Waals surface area contributed by atoms with Gasteiger partial charge in [0.15, 0.2) is 4.90 Å². The molecule has 2 atom stereocenters. The summed E-state index contributed by atoms with van der Waals surface area (Å²) in [4.78, 5) is 24.2. The van der Waals surface area contributed by atoms with Crippen LogP contribution < -0.4 is 5.73 Å². The minimum atomic E-state index is -4.01. The van der Waals surface area contributed by atoms with Crippen molar-refractivity contribution in [2.24, 2.45) is 5.73 Å². The molecule has 3 rings (SSSR count). The van der Waals surface area contributed by atoms with E-state index in [1.54, 1.807) is 4.90 Å². The molecule has 2 heterocycles. The van der Waals surface area contributed by atoms with E-state index < -0.39 is 26.7 Å². The molecule has 2 saturated heterocycles. The zero-order valence-corrected chi connectivity index (χ0v) is 16.7. The van der Waals surface area contributed by atoms with Gasteiger partial charge < -0.3 is 15.4 Å². The summed E-state index contributed by atoms with van der Waals surface area (Å²) in [6.07, 6.45) is 0.699. The zero-order chi connectivity index (χ0) is 19.6. The van der Waals surface area contributed by atoms with Gasteiger partial charge in [0.2, 0.25) is 10.0 Å². The number of carbonyl (C=O) groups excluding carboxylic acids is 1. The van der Waals surface area contributed by atoms with Gasteiger partial charge in [-0.3, -0.25) is 14.9 Å². The standard InChI is InChI=1S/C16H22N4O6S.ClH/c17-11-12-5-6-14(26-12)16(21)18-7-9-19(10-8-18)27(24,25)15-4-2-1-3-13(15)20(22)23;/h1-4,12,14H,5-11,17H2;1H/t12-,14+;/m1./s1. The number of nitro groups is 1. The number of nitrogens with two attached hydrogens (primary N) is 1. The van der Waals surface area contributed by atoms with E-state index in [1.807, 2.05) is 0 Å². The van der Waals surface area contributed by atoms with Crippen LogP contribution in [0.3, 0.4) is 0 Å². The maximum Gasteiger partial charge on any atom is 0.289 e. The Morgan fingerprint density at radius 1 is 1.21 bits per heavy atom. The SMILES string of the molecule is Cl.NC[C@H]1CC[C@@H](C(=O)N2CCN(S(=O)(=O)c3ccccc3[N+](=O)[O-])CC2)O1. The van der Waals surface area contributed by atoms with Crippen molar-refractivity contribution in [2.75, 3.05) is 32.7 Å². The molecule has 12 heteroatoms. The Morgan fingerprint density at radius 3 is 2.43 bits per heavy atom. The first-order valence-corrected chi connectivity index (χ1v) is 10.2. The summed E-state index contributed by atoms with van der Waals surface area (Å²) in [5, 5.41) is 11.1. The number of nitrogens with zero attached hydrogens (tertiary/aromatic N) is 3. The van der Waals surface area contributed by atoms with Gasteiger partial charge in [-0.05, 0) is 18.9 Å². The molecule has 0 saturated carbocycles. The number of nitro benzene ring substituents is 1. The van der Waals surface area contributed by atoms with E-state index in [0.29, 0.717) is 13.0 Å². The lowest BCUT2D eigenvalue weighted by molar-refractivity contribution is -0.387. The molecule has 10 nitrogen and oxygen atoms in total. The summed E-state index contributed by atoms with van der Waals surface area (Å²) < 4.78 is 32.4. The van der Waals surface area contributed by atoms with Crippen LogP contribution in [0.25, 0.3) is 0 Å². The average molecular weight is 435 g/mol. The molecule has 2 aliphatic heterocycles. The molecule has 0 radical (unpaired) electrons. The minimum absolute atomic E-state index is 0. The highest BCUT2D eigenvalue weighted by Crippen LogP contribution is 2.27. The number of ether oxygens (including phenoxy) is 1. The number of hydrogen-bond acceptors (Lipinski definition) is 7. The van der Waals surface area contributed by atoms with Gasteiger partial charge in [-0.25, -0.2) is 8.42 Å². The van der Waals surface area contributed by atoms with Gasteiger partial charge in [0.25, 0.3) is 11.6 Å². The topological polar surface area (TPSA) is 136 Å². The number of para-hydroxylation sites is 1.